The van der Waals surface area contributed by atoms with Gasteiger partial charge >= 0.3 is 0 Å². The van der Waals surface area contributed by atoms with Crippen LogP contribution in [0.3, 0.4) is 0 Å². The standard InChI is InChI=1S/C24H31N5O/c1-19-11-15-28(16-12-19)24(27)29(14-4-13-25)22-7-9-23(10-8-22)30-18-21-6-3-2-5-20(21)17-26/h2-3,5-10,19,27H,4,11-16,18,25H2,1H3. The maximum absolute atomic E-state index is 9.21. The molecule has 0 saturated carbocycles. The second-order valence-electron chi connectivity index (χ2n) is 7.84. The van der Waals surface area contributed by atoms with Crippen molar-refractivity contribution in [3.63, 3.8) is 0 Å². The molecule has 1 heterocycles. The molecule has 0 unspecified atom stereocenters. The van der Waals surface area contributed by atoms with Gasteiger partial charge in [-0.05, 0) is 62.1 Å². The van der Waals surface area contributed by atoms with Crippen molar-refractivity contribution in [1.29, 1.82) is 10.7 Å². The largest absolute Gasteiger partial charge is 0.489 e. The predicted octanol–water partition coefficient (Wildman–Crippen LogP) is 3.96. The van der Waals surface area contributed by atoms with Crippen LogP contribution >= 0.6 is 0 Å². The molecule has 1 aliphatic rings. The predicted molar refractivity (Wildman–Crippen MR) is 121 cm³/mol. The van der Waals surface area contributed by atoms with Crippen LogP contribution < -0.4 is 15.4 Å². The van der Waals surface area contributed by atoms with E-state index in [1.165, 1.54) is 0 Å². The summed E-state index contributed by atoms with van der Waals surface area (Å²) in [5.74, 6) is 2.02. The minimum absolute atomic E-state index is 0.349. The highest BCUT2D eigenvalue weighted by atomic mass is 16.5. The molecule has 0 aromatic heterocycles. The minimum Gasteiger partial charge on any atom is -0.489 e. The van der Waals surface area contributed by atoms with Gasteiger partial charge in [-0.25, -0.2) is 0 Å². The lowest BCUT2D eigenvalue weighted by Crippen LogP contribution is -2.47. The van der Waals surface area contributed by atoms with Crippen molar-refractivity contribution in [2.75, 3.05) is 31.1 Å². The molecule has 0 amide bonds. The molecule has 6 heteroatoms. The van der Waals surface area contributed by atoms with Crippen molar-refractivity contribution in [3.8, 4) is 11.8 Å². The number of nitrogens with zero attached hydrogens (tertiary/aromatic N) is 3. The molecule has 1 aliphatic heterocycles. The summed E-state index contributed by atoms with van der Waals surface area (Å²) in [6.45, 7) is 5.80. The number of benzene rings is 2. The van der Waals surface area contributed by atoms with E-state index in [9.17, 15) is 5.26 Å². The maximum Gasteiger partial charge on any atom is 0.198 e. The quantitative estimate of drug-likeness (QED) is 0.538. The van der Waals surface area contributed by atoms with E-state index in [4.69, 9.17) is 15.9 Å². The molecule has 0 spiro atoms. The van der Waals surface area contributed by atoms with Crippen LogP contribution in [-0.4, -0.2) is 37.0 Å². The van der Waals surface area contributed by atoms with Crippen LogP contribution in [0, 0.1) is 22.7 Å². The molecule has 1 saturated heterocycles. The number of guanidine groups is 1. The fourth-order valence-electron chi connectivity index (χ4n) is 3.64. The van der Waals surface area contributed by atoms with Crippen molar-refractivity contribution < 1.29 is 4.74 Å². The number of nitriles is 1. The number of likely N-dealkylation sites (tertiary alicyclic amines) is 1. The fourth-order valence-corrected chi connectivity index (χ4v) is 3.64. The summed E-state index contributed by atoms with van der Waals surface area (Å²) in [5.41, 5.74) is 8.21. The molecule has 0 radical (unpaired) electrons. The Bertz CT molecular complexity index is 866. The van der Waals surface area contributed by atoms with Crippen molar-refractivity contribution in [1.82, 2.24) is 4.90 Å². The first-order valence-corrected chi connectivity index (χ1v) is 10.6. The van der Waals surface area contributed by atoms with Gasteiger partial charge in [0.2, 0.25) is 0 Å². The Morgan fingerprint density at radius 3 is 2.57 bits per heavy atom. The third kappa shape index (κ3) is 5.52. The van der Waals surface area contributed by atoms with Gasteiger partial charge in [0.25, 0.3) is 0 Å². The zero-order valence-corrected chi connectivity index (χ0v) is 17.7. The van der Waals surface area contributed by atoms with Crippen LogP contribution in [0.4, 0.5) is 5.69 Å². The molecular formula is C24H31N5O. The lowest BCUT2D eigenvalue weighted by molar-refractivity contribution is 0.275. The average Bonchev–Trinajstić information content (AvgIpc) is 2.79. The van der Waals surface area contributed by atoms with Gasteiger partial charge in [-0.15, -0.1) is 0 Å². The van der Waals surface area contributed by atoms with Crippen LogP contribution in [0.5, 0.6) is 5.75 Å². The second-order valence-corrected chi connectivity index (χ2v) is 7.84. The number of anilines is 1. The Labute approximate surface area is 179 Å². The van der Waals surface area contributed by atoms with Crippen LogP contribution in [-0.2, 0) is 6.61 Å². The number of nitrogens with two attached hydrogens (primary N) is 1. The number of piperidine rings is 1. The zero-order chi connectivity index (χ0) is 21.3. The SMILES string of the molecule is CC1CCN(C(=N)N(CCCN)c2ccc(OCc3ccccc3C#N)cc2)CC1. The summed E-state index contributed by atoms with van der Waals surface area (Å²) in [7, 11) is 0. The Morgan fingerprint density at radius 1 is 1.20 bits per heavy atom. The van der Waals surface area contributed by atoms with E-state index in [-0.39, 0.29) is 0 Å². The first-order chi connectivity index (χ1) is 14.6. The van der Waals surface area contributed by atoms with Gasteiger partial charge in [-0.1, -0.05) is 25.1 Å². The summed E-state index contributed by atoms with van der Waals surface area (Å²) >= 11 is 0. The van der Waals surface area contributed by atoms with E-state index >= 15 is 0 Å². The molecule has 6 nitrogen and oxygen atoms in total. The number of hydrogen-bond acceptors (Lipinski definition) is 4. The van der Waals surface area contributed by atoms with E-state index < -0.39 is 0 Å². The Kier molecular flexibility index (Phi) is 7.69. The van der Waals surface area contributed by atoms with Crippen LogP contribution in [0.1, 0.15) is 37.3 Å². The summed E-state index contributed by atoms with van der Waals surface area (Å²) in [6, 6.07) is 17.5. The molecule has 1 fully saturated rings. The van der Waals surface area contributed by atoms with Gasteiger partial charge in [-0.3, -0.25) is 5.41 Å². The molecule has 158 valence electrons. The lowest BCUT2D eigenvalue weighted by Gasteiger charge is -2.37. The van der Waals surface area contributed by atoms with E-state index in [0.717, 1.165) is 61.8 Å². The van der Waals surface area contributed by atoms with Crippen molar-refractivity contribution in [2.45, 2.75) is 32.8 Å². The number of hydrogen-bond donors (Lipinski definition) is 2. The van der Waals surface area contributed by atoms with Crippen molar-refractivity contribution in [3.05, 3.63) is 59.7 Å². The summed E-state index contributed by atoms with van der Waals surface area (Å²) < 4.78 is 5.89. The second kappa shape index (κ2) is 10.7. The van der Waals surface area contributed by atoms with Gasteiger partial charge < -0.3 is 20.3 Å². The van der Waals surface area contributed by atoms with Crippen LogP contribution in [0.15, 0.2) is 48.5 Å². The number of rotatable bonds is 7. The van der Waals surface area contributed by atoms with Gasteiger partial charge in [0.05, 0.1) is 11.6 Å². The monoisotopic (exact) mass is 405 g/mol. The smallest absolute Gasteiger partial charge is 0.198 e. The fraction of sp³-hybridized carbons (Fsp3) is 0.417. The molecule has 0 aliphatic carbocycles. The third-order valence-corrected chi connectivity index (χ3v) is 5.61. The van der Waals surface area contributed by atoms with E-state index in [2.05, 4.69) is 17.9 Å². The molecule has 3 N–H and O–H groups in total. The molecule has 2 aromatic rings. The lowest BCUT2D eigenvalue weighted by atomic mass is 9.99. The highest BCUT2D eigenvalue weighted by Gasteiger charge is 2.22. The molecule has 0 bridgehead atoms. The highest BCUT2D eigenvalue weighted by molar-refractivity contribution is 5.93. The minimum atomic E-state index is 0.349. The third-order valence-electron chi connectivity index (χ3n) is 5.61. The van der Waals surface area contributed by atoms with Gasteiger partial charge in [0.15, 0.2) is 5.96 Å². The molecule has 2 aromatic carbocycles. The van der Waals surface area contributed by atoms with Crippen molar-refractivity contribution >= 4 is 11.6 Å². The molecule has 3 rings (SSSR count). The number of ether oxygens (including phenoxy) is 1. The number of nitrogens with one attached hydrogen (secondary N) is 1. The summed E-state index contributed by atoms with van der Waals surface area (Å²) in [5, 5.41) is 18.0. The first-order valence-electron chi connectivity index (χ1n) is 10.6. The van der Waals surface area contributed by atoms with E-state index in [1.54, 1.807) is 6.07 Å². The summed E-state index contributed by atoms with van der Waals surface area (Å²) in [4.78, 5) is 4.21. The van der Waals surface area contributed by atoms with Crippen LogP contribution in [0.2, 0.25) is 0 Å². The highest BCUT2D eigenvalue weighted by Crippen LogP contribution is 2.24. The molecule has 0 atom stereocenters. The Balaban J connectivity index is 1.67. The Morgan fingerprint density at radius 2 is 1.90 bits per heavy atom. The van der Waals surface area contributed by atoms with E-state index in [1.807, 2.05) is 47.4 Å². The van der Waals surface area contributed by atoms with Gasteiger partial charge in [0.1, 0.15) is 12.4 Å². The molecular weight excluding hydrogens is 374 g/mol. The summed E-state index contributed by atoms with van der Waals surface area (Å²) in [6.07, 6.45) is 3.09. The molecule has 30 heavy (non-hydrogen) atoms. The Hall–Kier alpha value is -3.04. The topological polar surface area (TPSA) is 89.4 Å². The zero-order valence-electron chi connectivity index (χ0n) is 17.7. The van der Waals surface area contributed by atoms with Gasteiger partial charge in [-0.2, -0.15) is 5.26 Å². The van der Waals surface area contributed by atoms with Gasteiger partial charge in [0, 0.05) is 30.9 Å². The first kappa shape index (κ1) is 21.7. The van der Waals surface area contributed by atoms with E-state index in [0.29, 0.717) is 24.7 Å². The maximum atomic E-state index is 9.21. The average molecular weight is 406 g/mol. The van der Waals surface area contributed by atoms with Crippen molar-refractivity contribution in [2.24, 2.45) is 11.7 Å². The van der Waals surface area contributed by atoms with Crippen LogP contribution in [0.25, 0.3) is 0 Å². The normalized spacial score (nSPS) is 14.2.